The molecule has 3 aromatic carbocycles. The molecule has 7 nitrogen and oxygen atoms in total. The summed E-state index contributed by atoms with van der Waals surface area (Å²) in [6, 6.07) is 21.5. The molecule has 1 aliphatic rings. The second-order valence-electron chi connectivity index (χ2n) is 8.49. The summed E-state index contributed by atoms with van der Waals surface area (Å²) in [7, 11) is -2.05. The number of carbonyl (C=O) groups is 1. The fourth-order valence-electron chi connectivity index (χ4n) is 4.24. The van der Waals surface area contributed by atoms with E-state index in [4.69, 9.17) is 4.74 Å². The van der Waals surface area contributed by atoms with Gasteiger partial charge in [0.2, 0.25) is 10.0 Å². The number of nitrogens with zero attached hydrogens (tertiary/aromatic N) is 2. The third kappa shape index (κ3) is 4.77. The van der Waals surface area contributed by atoms with Gasteiger partial charge >= 0.3 is 0 Å². The van der Waals surface area contributed by atoms with Crippen LogP contribution in [0.25, 0.3) is 11.3 Å². The van der Waals surface area contributed by atoms with Crippen LogP contribution in [0.1, 0.15) is 26.4 Å². The Morgan fingerprint density at radius 1 is 1.00 bits per heavy atom. The molecule has 0 radical (unpaired) electrons. The molecule has 0 saturated carbocycles. The van der Waals surface area contributed by atoms with E-state index in [2.05, 4.69) is 10.3 Å². The Morgan fingerprint density at radius 2 is 1.69 bits per heavy atom. The summed E-state index contributed by atoms with van der Waals surface area (Å²) in [5.41, 5.74) is 4.29. The van der Waals surface area contributed by atoms with Gasteiger partial charge < -0.3 is 4.74 Å². The highest BCUT2D eigenvalue weighted by Gasteiger charge is 2.28. The molecule has 1 N–H and O–H groups in total. The van der Waals surface area contributed by atoms with Crippen molar-refractivity contribution < 1.29 is 17.9 Å². The van der Waals surface area contributed by atoms with E-state index in [9.17, 15) is 13.2 Å². The minimum atomic E-state index is -3.66. The van der Waals surface area contributed by atoms with E-state index in [1.165, 1.54) is 45.5 Å². The van der Waals surface area contributed by atoms with Crippen molar-refractivity contribution in [3.05, 3.63) is 94.4 Å². The highest BCUT2D eigenvalue weighted by atomic mass is 32.2. The zero-order valence-corrected chi connectivity index (χ0v) is 21.5. The van der Waals surface area contributed by atoms with Crippen molar-refractivity contribution in [1.82, 2.24) is 9.29 Å². The van der Waals surface area contributed by atoms with Gasteiger partial charge in [-0.1, -0.05) is 24.3 Å². The van der Waals surface area contributed by atoms with Crippen LogP contribution >= 0.6 is 11.3 Å². The van der Waals surface area contributed by atoms with Crippen molar-refractivity contribution in [2.75, 3.05) is 19.0 Å². The number of sulfonamides is 1. The number of methoxy groups -OCH3 is 1. The Morgan fingerprint density at radius 3 is 2.39 bits per heavy atom. The zero-order valence-electron chi connectivity index (χ0n) is 19.9. The van der Waals surface area contributed by atoms with E-state index in [0.29, 0.717) is 30.2 Å². The predicted octanol–water partition coefficient (Wildman–Crippen LogP) is 5.13. The monoisotopic (exact) mass is 519 g/mol. The Bertz CT molecular complexity index is 1510. The number of ether oxygens (including phenoxy) is 1. The number of hydrogen-bond acceptors (Lipinski definition) is 6. The number of anilines is 1. The van der Waals surface area contributed by atoms with E-state index in [1.54, 1.807) is 7.11 Å². The molecule has 2 heterocycles. The maximum atomic E-state index is 13.2. The number of thiazole rings is 1. The minimum Gasteiger partial charge on any atom is -0.497 e. The van der Waals surface area contributed by atoms with E-state index < -0.39 is 10.0 Å². The fourth-order valence-corrected chi connectivity index (χ4v) is 6.49. The SMILES string of the molecule is COc1ccc(-c2nc(NC(=O)c3ccc(S(=O)(=O)N4CCc5ccccc5C4)cc3)sc2C)cc1. The van der Waals surface area contributed by atoms with Gasteiger partial charge in [0.15, 0.2) is 5.13 Å². The molecule has 0 aliphatic carbocycles. The second kappa shape index (κ2) is 9.85. The second-order valence-corrected chi connectivity index (χ2v) is 11.6. The van der Waals surface area contributed by atoms with Gasteiger partial charge in [-0.25, -0.2) is 13.4 Å². The van der Waals surface area contributed by atoms with Gasteiger partial charge in [-0.15, -0.1) is 11.3 Å². The maximum Gasteiger partial charge on any atom is 0.257 e. The molecule has 184 valence electrons. The van der Waals surface area contributed by atoms with Gasteiger partial charge in [0.1, 0.15) is 5.75 Å². The molecule has 4 aromatic rings. The third-order valence-electron chi connectivity index (χ3n) is 6.23. The van der Waals surface area contributed by atoms with Gasteiger partial charge in [0, 0.05) is 29.1 Å². The van der Waals surface area contributed by atoms with Crippen LogP contribution in [-0.2, 0) is 23.0 Å². The molecule has 0 spiro atoms. The van der Waals surface area contributed by atoms with Crippen LogP contribution in [0.5, 0.6) is 5.75 Å². The first-order chi connectivity index (χ1) is 17.3. The Balaban J connectivity index is 1.29. The molecule has 0 saturated heterocycles. The van der Waals surface area contributed by atoms with E-state index in [0.717, 1.165) is 27.4 Å². The predicted molar refractivity (Wildman–Crippen MR) is 141 cm³/mol. The van der Waals surface area contributed by atoms with E-state index in [1.807, 2.05) is 55.5 Å². The van der Waals surface area contributed by atoms with Gasteiger partial charge in [0.05, 0.1) is 17.7 Å². The lowest BCUT2D eigenvalue weighted by Crippen LogP contribution is -2.35. The van der Waals surface area contributed by atoms with E-state index >= 15 is 0 Å². The summed E-state index contributed by atoms with van der Waals surface area (Å²) in [5, 5.41) is 3.31. The molecule has 0 atom stereocenters. The normalized spacial score (nSPS) is 13.7. The highest BCUT2D eigenvalue weighted by Crippen LogP contribution is 2.32. The number of rotatable bonds is 6. The highest BCUT2D eigenvalue weighted by molar-refractivity contribution is 7.89. The minimum absolute atomic E-state index is 0.172. The van der Waals surface area contributed by atoms with Crippen molar-refractivity contribution in [2.24, 2.45) is 0 Å². The molecule has 1 aliphatic heterocycles. The molecule has 1 aromatic heterocycles. The van der Waals surface area contributed by atoms with Crippen LogP contribution in [0, 0.1) is 6.92 Å². The molecule has 0 unspecified atom stereocenters. The molecule has 0 bridgehead atoms. The third-order valence-corrected chi connectivity index (χ3v) is 8.98. The number of benzene rings is 3. The first-order valence-electron chi connectivity index (χ1n) is 11.5. The summed E-state index contributed by atoms with van der Waals surface area (Å²) in [6.45, 7) is 2.73. The molecule has 36 heavy (non-hydrogen) atoms. The standard InChI is InChI=1S/C27H25N3O4S2/c1-18-25(20-7-11-23(34-2)12-8-20)28-27(35-18)29-26(31)21-9-13-24(14-10-21)36(32,33)30-16-15-19-5-3-4-6-22(19)17-30/h3-14H,15-17H2,1-2H3,(H,28,29,31). The van der Waals surface area contributed by atoms with Gasteiger partial charge in [0.25, 0.3) is 5.91 Å². The van der Waals surface area contributed by atoms with Crippen LogP contribution in [0.2, 0.25) is 0 Å². The number of amides is 1. The zero-order chi connectivity index (χ0) is 25.3. The summed E-state index contributed by atoms with van der Waals surface area (Å²) in [4.78, 5) is 18.6. The lowest BCUT2D eigenvalue weighted by molar-refractivity contribution is 0.102. The Hall–Kier alpha value is -3.53. The lowest BCUT2D eigenvalue weighted by Gasteiger charge is -2.28. The number of hydrogen-bond donors (Lipinski definition) is 1. The number of nitrogens with one attached hydrogen (secondary N) is 1. The molecule has 0 fully saturated rings. The lowest BCUT2D eigenvalue weighted by atomic mass is 10.0. The van der Waals surface area contributed by atoms with Gasteiger partial charge in [-0.2, -0.15) is 4.31 Å². The van der Waals surface area contributed by atoms with Gasteiger partial charge in [-0.3, -0.25) is 10.1 Å². The van der Waals surface area contributed by atoms with Crippen LogP contribution in [0.4, 0.5) is 5.13 Å². The molecule has 9 heteroatoms. The van der Waals surface area contributed by atoms with Crippen molar-refractivity contribution in [1.29, 1.82) is 0 Å². The summed E-state index contributed by atoms with van der Waals surface area (Å²) in [6.07, 6.45) is 0.682. The summed E-state index contributed by atoms with van der Waals surface area (Å²) >= 11 is 1.39. The fraction of sp³-hybridized carbons (Fsp3) is 0.185. The van der Waals surface area contributed by atoms with Gasteiger partial charge in [-0.05, 0) is 73.0 Å². The topological polar surface area (TPSA) is 88.6 Å². The largest absolute Gasteiger partial charge is 0.497 e. The first kappa shape index (κ1) is 24.2. The summed E-state index contributed by atoms with van der Waals surface area (Å²) < 4.78 is 33.1. The van der Waals surface area contributed by atoms with Crippen LogP contribution < -0.4 is 10.1 Å². The van der Waals surface area contributed by atoms with Crippen molar-refractivity contribution in [3.8, 4) is 17.0 Å². The first-order valence-corrected chi connectivity index (χ1v) is 13.7. The Labute approximate surface area is 214 Å². The number of fused-ring (bicyclic) bond motifs is 1. The van der Waals surface area contributed by atoms with Crippen LogP contribution in [-0.4, -0.2) is 37.3 Å². The van der Waals surface area contributed by atoms with Crippen molar-refractivity contribution in [3.63, 3.8) is 0 Å². The maximum absolute atomic E-state index is 13.2. The molecule has 5 rings (SSSR count). The summed E-state index contributed by atoms with van der Waals surface area (Å²) in [5.74, 6) is 0.414. The quantitative estimate of drug-likeness (QED) is 0.382. The van der Waals surface area contributed by atoms with Crippen LogP contribution in [0.3, 0.4) is 0 Å². The average molecular weight is 520 g/mol. The van der Waals surface area contributed by atoms with Crippen molar-refractivity contribution >= 4 is 32.4 Å². The van der Waals surface area contributed by atoms with Crippen LogP contribution in [0.15, 0.2) is 77.7 Å². The molecular formula is C27H25N3O4S2. The molecule has 1 amide bonds. The van der Waals surface area contributed by atoms with E-state index in [-0.39, 0.29) is 10.8 Å². The molecular weight excluding hydrogens is 494 g/mol. The number of aryl methyl sites for hydroxylation is 1. The number of carbonyl (C=O) groups excluding carboxylic acids is 1. The Kier molecular flexibility index (Phi) is 6.61. The smallest absolute Gasteiger partial charge is 0.257 e. The average Bonchev–Trinajstić information content (AvgIpc) is 3.28. The number of aromatic nitrogens is 1. The van der Waals surface area contributed by atoms with Crippen molar-refractivity contribution in [2.45, 2.75) is 24.8 Å².